The average Bonchev–Trinajstić information content (AvgIpc) is 2.82. The smallest absolute Gasteiger partial charge is 0.227 e. The van der Waals surface area contributed by atoms with Gasteiger partial charge in [0.25, 0.3) is 0 Å². The summed E-state index contributed by atoms with van der Waals surface area (Å²) in [5.41, 5.74) is 0.734. The van der Waals surface area contributed by atoms with Crippen LogP contribution in [0.4, 0.5) is 4.39 Å². The van der Waals surface area contributed by atoms with E-state index in [-0.39, 0.29) is 24.2 Å². The van der Waals surface area contributed by atoms with E-state index in [1.807, 2.05) is 11.0 Å². The lowest BCUT2D eigenvalue weighted by molar-refractivity contribution is -0.133. The molecule has 1 aromatic rings. The van der Waals surface area contributed by atoms with Gasteiger partial charge in [0.05, 0.1) is 19.6 Å². The number of likely N-dealkylation sites (tertiary alicyclic amines) is 1. The van der Waals surface area contributed by atoms with Gasteiger partial charge >= 0.3 is 0 Å². The van der Waals surface area contributed by atoms with Crippen LogP contribution in [0.2, 0.25) is 0 Å². The molecule has 0 bridgehead atoms. The van der Waals surface area contributed by atoms with Crippen LogP contribution in [0.15, 0.2) is 24.3 Å². The minimum atomic E-state index is -0.290. The Kier molecular flexibility index (Phi) is 7.03. The zero-order chi connectivity index (χ0) is 18.4. The molecule has 2 aliphatic heterocycles. The second-order valence-corrected chi connectivity index (χ2v) is 7.66. The molecule has 2 aliphatic rings. The molecule has 2 fully saturated rings. The van der Waals surface area contributed by atoms with E-state index in [0.29, 0.717) is 19.1 Å². The second kappa shape index (κ2) is 9.47. The standard InChI is InChI=1S/C21H31FN2O2/c1-17-19(8-11-23-9-3-2-4-10-23)16-26-13-12-24(17)21(25)15-18-6-5-7-20(22)14-18/h5-7,14,17,19H,2-4,8-13,15-16H2,1H3/t17-,19+/m0/s1. The zero-order valence-electron chi connectivity index (χ0n) is 15.8. The molecule has 5 heteroatoms. The number of amides is 1. The SMILES string of the molecule is C[C@H]1[C@H](CCN2CCCCC2)COCCN1C(=O)Cc1cccc(F)c1. The lowest BCUT2D eigenvalue weighted by Gasteiger charge is -2.34. The van der Waals surface area contributed by atoms with Crippen LogP contribution >= 0.6 is 0 Å². The Balaban J connectivity index is 1.58. The highest BCUT2D eigenvalue weighted by molar-refractivity contribution is 5.79. The maximum absolute atomic E-state index is 13.4. The minimum absolute atomic E-state index is 0.0663. The van der Waals surface area contributed by atoms with Crippen LogP contribution in [0.3, 0.4) is 0 Å². The summed E-state index contributed by atoms with van der Waals surface area (Å²) in [6.07, 6.45) is 5.26. The molecule has 0 spiro atoms. The third-order valence-corrected chi connectivity index (χ3v) is 5.81. The maximum atomic E-state index is 13.4. The number of hydrogen-bond donors (Lipinski definition) is 0. The monoisotopic (exact) mass is 362 g/mol. The molecule has 0 aromatic heterocycles. The Labute approximate surface area is 156 Å². The van der Waals surface area contributed by atoms with Gasteiger partial charge in [-0.15, -0.1) is 0 Å². The number of benzene rings is 1. The van der Waals surface area contributed by atoms with Crippen LogP contribution in [0.25, 0.3) is 0 Å². The minimum Gasteiger partial charge on any atom is -0.379 e. The van der Waals surface area contributed by atoms with E-state index in [0.717, 1.165) is 25.1 Å². The van der Waals surface area contributed by atoms with Gasteiger partial charge in [-0.2, -0.15) is 0 Å². The number of rotatable bonds is 5. The molecule has 26 heavy (non-hydrogen) atoms. The summed E-state index contributed by atoms with van der Waals surface area (Å²) in [6.45, 7) is 7.55. The van der Waals surface area contributed by atoms with Crippen LogP contribution in [-0.4, -0.2) is 61.1 Å². The molecule has 0 unspecified atom stereocenters. The molecule has 4 nitrogen and oxygen atoms in total. The third kappa shape index (κ3) is 5.27. The Morgan fingerprint density at radius 1 is 1.23 bits per heavy atom. The fourth-order valence-corrected chi connectivity index (χ4v) is 4.13. The van der Waals surface area contributed by atoms with Crippen LogP contribution in [0.5, 0.6) is 0 Å². The van der Waals surface area contributed by atoms with Crippen LogP contribution in [-0.2, 0) is 16.0 Å². The van der Waals surface area contributed by atoms with Crippen molar-refractivity contribution in [3.8, 4) is 0 Å². The van der Waals surface area contributed by atoms with Gasteiger partial charge in [-0.3, -0.25) is 4.79 Å². The Bertz CT molecular complexity index is 589. The lowest BCUT2D eigenvalue weighted by atomic mass is 9.95. The first-order chi connectivity index (χ1) is 12.6. The largest absolute Gasteiger partial charge is 0.379 e. The summed E-state index contributed by atoms with van der Waals surface area (Å²) in [5, 5.41) is 0. The lowest BCUT2D eigenvalue weighted by Crippen LogP contribution is -2.44. The van der Waals surface area contributed by atoms with Gasteiger partial charge in [-0.25, -0.2) is 4.39 Å². The van der Waals surface area contributed by atoms with Gasteiger partial charge in [-0.1, -0.05) is 18.6 Å². The molecular weight excluding hydrogens is 331 g/mol. The van der Waals surface area contributed by atoms with Crippen molar-refractivity contribution in [3.63, 3.8) is 0 Å². The first kappa shape index (κ1) is 19.3. The second-order valence-electron chi connectivity index (χ2n) is 7.66. The van der Waals surface area contributed by atoms with Gasteiger partial charge in [0, 0.05) is 18.5 Å². The summed E-state index contributed by atoms with van der Waals surface area (Å²) < 4.78 is 19.2. The molecular formula is C21H31FN2O2. The molecule has 1 aromatic carbocycles. The summed E-state index contributed by atoms with van der Waals surface area (Å²) in [7, 11) is 0. The fourth-order valence-electron chi connectivity index (χ4n) is 4.13. The van der Waals surface area contributed by atoms with Gasteiger partial charge < -0.3 is 14.5 Å². The molecule has 2 atom stereocenters. The molecule has 0 radical (unpaired) electrons. The molecule has 1 amide bonds. The number of ether oxygens (including phenoxy) is 1. The molecule has 0 saturated carbocycles. The van der Waals surface area contributed by atoms with E-state index >= 15 is 0 Å². The van der Waals surface area contributed by atoms with Crippen molar-refractivity contribution in [2.45, 2.75) is 45.1 Å². The zero-order valence-corrected chi connectivity index (χ0v) is 15.8. The van der Waals surface area contributed by atoms with Gasteiger partial charge in [0.1, 0.15) is 5.82 Å². The highest BCUT2D eigenvalue weighted by atomic mass is 19.1. The highest BCUT2D eigenvalue weighted by Gasteiger charge is 2.30. The van der Waals surface area contributed by atoms with E-state index in [1.54, 1.807) is 6.07 Å². The molecule has 0 N–H and O–H groups in total. The van der Waals surface area contributed by atoms with E-state index in [1.165, 1.54) is 44.5 Å². The first-order valence-corrected chi connectivity index (χ1v) is 9.97. The van der Waals surface area contributed by atoms with E-state index in [2.05, 4.69) is 11.8 Å². The van der Waals surface area contributed by atoms with Gasteiger partial charge in [0.15, 0.2) is 0 Å². The number of carbonyl (C=O) groups is 1. The third-order valence-electron chi connectivity index (χ3n) is 5.81. The molecule has 0 aliphatic carbocycles. The normalized spacial score (nSPS) is 25.1. The van der Waals surface area contributed by atoms with Crippen molar-refractivity contribution >= 4 is 5.91 Å². The summed E-state index contributed by atoms with van der Waals surface area (Å²) >= 11 is 0. The van der Waals surface area contributed by atoms with Crippen molar-refractivity contribution in [1.82, 2.24) is 9.80 Å². The Morgan fingerprint density at radius 2 is 2.04 bits per heavy atom. The van der Waals surface area contributed by atoms with Crippen molar-refractivity contribution in [2.75, 3.05) is 39.4 Å². The maximum Gasteiger partial charge on any atom is 0.227 e. The molecule has 3 rings (SSSR count). The highest BCUT2D eigenvalue weighted by Crippen LogP contribution is 2.21. The Morgan fingerprint density at radius 3 is 2.81 bits per heavy atom. The van der Waals surface area contributed by atoms with Crippen LogP contribution in [0, 0.1) is 11.7 Å². The molecule has 144 valence electrons. The van der Waals surface area contributed by atoms with Crippen molar-refractivity contribution in [1.29, 1.82) is 0 Å². The topological polar surface area (TPSA) is 32.8 Å². The van der Waals surface area contributed by atoms with Crippen LogP contribution < -0.4 is 0 Å². The fraction of sp³-hybridized carbons (Fsp3) is 0.667. The van der Waals surface area contributed by atoms with Gasteiger partial charge in [0.2, 0.25) is 5.91 Å². The van der Waals surface area contributed by atoms with Crippen LogP contribution in [0.1, 0.15) is 38.2 Å². The summed E-state index contributed by atoms with van der Waals surface area (Å²) in [4.78, 5) is 17.3. The van der Waals surface area contributed by atoms with Crippen molar-refractivity contribution in [2.24, 2.45) is 5.92 Å². The molecule has 2 saturated heterocycles. The summed E-state index contributed by atoms with van der Waals surface area (Å²) in [6, 6.07) is 6.49. The number of carbonyl (C=O) groups excluding carboxylic acids is 1. The average molecular weight is 362 g/mol. The Hall–Kier alpha value is -1.46. The number of hydrogen-bond acceptors (Lipinski definition) is 3. The molecule has 2 heterocycles. The van der Waals surface area contributed by atoms with Crippen molar-refractivity contribution < 1.29 is 13.9 Å². The quantitative estimate of drug-likeness (QED) is 0.807. The number of piperidine rings is 1. The van der Waals surface area contributed by atoms with E-state index in [4.69, 9.17) is 4.74 Å². The van der Waals surface area contributed by atoms with E-state index < -0.39 is 0 Å². The first-order valence-electron chi connectivity index (χ1n) is 9.97. The van der Waals surface area contributed by atoms with E-state index in [9.17, 15) is 9.18 Å². The number of nitrogens with zero attached hydrogens (tertiary/aromatic N) is 2. The predicted octanol–water partition coefficient (Wildman–Crippen LogP) is 3.11. The number of halogens is 1. The van der Waals surface area contributed by atoms with Crippen molar-refractivity contribution in [3.05, 3.63) is 35.6 Å². The van der Waals surface area contributed by atoms with Gasteiger partial charge in [-0.05, 0) is 63.5 Å². The predicted molar refractivity (Wildman–Crippen MR) is 100 cm³/mol. The summed E-state index contributed by atoms with van der Waals surface area (Å²) in [5.74, 6) is 0.134.